The van der Waals surface area contributed by atoms with E-state index >= 15 is 0 Å². The lowest BCUT2D eigenvalue weighted by atomic mass is 9.91. The van der Waals surface area contributed by atoms with Crippen LogP contribution in [-0.2, 0) is 16.1 Å². The van der Waals surface area contributed by atoms with Crippen LogP contribution < -0.4 is 15.4 Å². The van der Waals surface area contributed by atoms with E-state index in [4.69, 9.17) is 32.7 Å². The number of esters is 1. The van der Waals surface area contributed by atoms with Gasteiger partial charge < -0.3 is 20.1 Å². The summed E-state index contributed by atoms with van der Waals surface area (Å²) in [5.74, 6) is -0.0967. The molecule has 30 heavy (non-hydrogen) atoms. The summed E-state index contributed by atoms with van der Waals surface area (Å²) in [7, 11) is 1.31. The molecule has 1 atom stereocenters. The van der Waals surface area contributed by atoms with E-state index in [-0.39, 0.29) is 12.5 Å². The van der Waals surface area contributed by atoms with Crippen molar-refractivity contribution < 1.29 is 19.1 Å². The van der Waals surface area contributed by atoms with Crippen LogP contribution in [0.1, 0.15) is 31.0 Å². The Kier molecular flexibility index (Phi) is 6.90. The van der Waals surface area contributed by atoms with Crippen LogP contribution in [0.4, 0.5) is 4.79 Å². The molecule has 2 N–H and O–H groups in total. The highest BCUT2D eigenvalue weighted by atomic mass is 35.5. The minimum absolute atomic E-state index is 0.0893. The Balaban J connectivity index is 1.99. The maximum absolute atomic E-state index is 12.6. The fourth-order valence-electron chi connectivity index (χ4n) is 3.26. The van der Waals surface area contributed by atoms with Gasteiger partial charge in [-0.2, -0.15) is 0 Å². The number of hydrogen-bond donors (Lipinski definition) is 2. The Morgan fingerprint density at radius 3 is 2.57 bits per heavy atom. The molecule has 0 radical (unpaired) electrons. The van der Waals surface area contributed by atoms with Crippen molar-refractivity contribution in [1.82, 2.24) is 10.6 Å². The summed E-state index contributed by atoms with van der Waals surface area (Å²) < 4.78 is 11.0. The molecule has 0 saturated carbocycles. The zero-order valence-corrected chi connectivity index (χ0v) is 18.3. The first-order valence-corrected chi connectivity index (χ1v) is 10.1. The number of amides is 2. The summed E-state index contributed by atoms with van der Waals surface area (Å²) in [5.41, 5.74) is 2.26. The van der Waals surface area contributed by atoms with Gasteiger partial charge in [-0.1, -0.05) is 61.3 Å². The van der Waals surface area contributed by atoms with Gasteiger partial charge in [0, 0.05) is 26.9 Å². The van der Waals surface area contributed by atoms with E-state index in [9.17, 15) is 9.59 Å². The molecule has 0 bridgehead atoms. The van der Waals surface area contributed by atoms with Crippen LogP contribution in [0, 0.1) is 5.92 Å². The van der Waals surface area contributed by atoms with Gasteiger partial charge in [0.1, 0.15) is 12.4 Å². The summed E-state index contributed by atoms with van der Waals surface area (Å²) in [5, 5.41) is 6.57. The molecule has 0 spiro atoms. The van der Waals surface area contributed by atoms with E-state index in [0.717, 1.165) is 5.56 Å². The molecular formula is C22H22Cl2N2O4. The van der Waals surface area contributed by atoms with Crippen molar-refractivity contribution in [3.63, 3.8) is 0 Å². The first-order valence-electron chi connectivity index (χ1n) is 9.37. The molecule has 1 heterocycles. The van der Waals surface area contributed by atoms with Crippen LogP contribution >= 0.6 is 23.2 Å². The van der Waals surface area contributed by atoms with E-state index in [2.05, 4.69) is 10.6 Å². The highest BCUT2D eigenvalue weighted by molar-refractivity contribution is 6.35. The maximum Gasteiger partial charge on any atom is 0.337 e. The number of urea groups is 1. The normalized spacial score (nSPS) is 16.2. The molecule has 1 aliphatic rings. The van der Waals surface area contributed by atoms with Gasteiger partial charge in [0.2, 0.25) is 0 Å². The number of hydrogen-bond acceptors (Lipinski definition) is 4. The molecule has 8 heteroatoms. The number of halogens is 2. The monoisotopic (exact) mass is 448 g/mol. The highest BCUT2D eigenvalue weighted by Crippen LogP contribution is 2.35. The van der Waals surface area contributed by atoms with Gasteiger partial charge >= 0.3 is 12.0 Å². The molecule has 0 aromatic heterocycles. The number of carbonyl (C=O) groups is 2. The molecule has 2 amide bonds. The number of rotatable bonds is 6. The summed E-state index contributed by atoms with van der Waals surface area (Å²) in [6, 6.07) is 11.3. The molecule has 158 valence electrons. The van der Waals surface area contributed by atoms with Crippen molar-refractivity contribution in [3.05, 3.63) is 74.9 Å². The van der Waals surface area contributed by atoms with Crippen molar-refractivity contribution in [2.75, 3.05) is 7.11 Å². The Hall–Kier alpha value is -2.70. The molecule has 6 nitrogen and oxygen atoms in total. The molecule has 1 aliphatic heterocycles. The van der Waals surface area contributed by atoms with Gasteiger partial charge in [-0.15, -0.1) is 0 Å². The molecule has 2 aromatic rings. The first kappa shape index (κ1) is 22.0. The predicted octanol–water partition coefficient (Wildman–Crippen LogP) is 5.01. The van der Waals surface area contributed by atoms with Crippen LogP contribution in [-0.4, -0.2) is 19.1 Å². The summed E-state index contributed by atoms with van der Waals surface area (Å²) in [6.07, 6.45) is 0. The first-order chi connectivity index (χ1) is 14.3. The quantitative estimate of drug-likeness (QED) is 0.608. The number of ether oxygens (including phenoxy) is 2. The number of benzene rings is 2. The van der Waals surface area contributed by atoms with Gasteiger partial charge in [0.15, 0.2) is 0 Å². The second kappa shape index (κ2) is 9.41. The fourth-order valence-corrected chi connectivity index (χ4v) is 3.72. The molecule has 3 rings (SSSR count). The van der Waals surface area contributed by atoms with E-state index in [0.29, 0.717) is 32.6 Å². The topological polar surface area (TPSA) is 76.7 Å². The maximum atomic E-state index is 12.6. The third-order valence-corrected chi connectivity index (χ3v) is 5.30. The number of allylic oxidation sites excluding steroid dienone is 1. The smallest absolute Gasteiger partial charge is 0.337 e. The largest absolute Gasteiger partial charge is 0.488 e. The number of para-hydroxylation sites is 1. The number of methoxy groups -OCH3 is 1. The van der Waals surface area contributed by atoms with E-state index in [1.165, 1.54) is 7.11 Å². The second-order valence-electron chi connectivity index (χ2n) is 7.07. The average molecular weight is 449 g/mol. The Morgan fingerprint density at radius 2 is 1.90 bits per heavy atom. The number of carbonyl (C=O) groups excluding carboxylic acids is 2. The highest BCUT2D eigenvalue weighted by Gasteiger charge is 2.35. The number of nitrogens with one attached hydrogen (secondary N) is 2. The lowest BCUT2D eigenvalue weighted by Crippen LogP contribution is -2.47. The Morgan fingerprint density at radius 1 is 1.17 bits per heavy atom. The third-order valence-electron chi connectivity index (χ3n) is 4.71. The van der Waals surface area contributed by atoms with Gasteiger partial charge in [-0.25, -0.2) is 9.59 Å². The fraction of sp³-hybridized carbons (Fsp3) is 0.273. The zero-order valence-electron chi connectivity index (χ0n) is 16.8. The molecule has 0 fully saturated rings. The minimum atomic E-state index is -0.722. The van der Waals surface area contributed by atoms with Crippen molar-refractivity contribution in [1.29, 1.82) is 0 Å². The van der Waals surface area contributed by atoms with Gasteiger partial charge in [-0.05, 0) is 24.1 Å². The van der Waals surface area contributed by atoms with Crippen LogP contribution in [0.5, 0.6) is 5.75 Å². The predicted molar refractivity (Wildman–Crippen MR) is 116 cm³/mol. The van der Waals surface area contributed by atoms with Crippen molar-refractivity contribution >= 4 is 35.2 Å². The van der Waals surface area contributed by atoms with Crippen LogP contribution in [0.25, 0.3) is 0 Å². The van der Waals surface area contributed by atoms with Crippen LogP contribution in [0.3, 0.4) is 0 Å². The van der Waals surface area contributed by atoms with Crippen molar-refractivity contribution in [3.8, 4) is 5.75 Å². The van der Waals surface area contributed by atoms with E-state index < -0.39 is 18.0 Å². The van der Waals surface area contributed by atoms with Crippen molar-refractivity contribution in [2.45, 2.75) is 26.5 Å². The van der Waals surface area contributed by atoms with Crippen LogP contribution in [0.2, 0.25) is 10.0 Å². The second-order valence-corrected chi connectivity index (χ2v) is 7.91. The van der Waals surface area contributed by atoms with Gasteiger partial charge in [-0.3, -0.25) is 0 Å². The van der Waals surface area contributed by atoms with E-state index in [1.807, 2.05) is 26.0 Å². The zero-order chi connectivity index (χ0) is 21.8. The molecule has 0 aliphatic carbocycles. The molecule has 0 saturated heterocycles. The SMILES string of the molecule is COC(=O)C1=C(C(C)C)NC(=O)NC1c1ccccc1OCc1ccc(Cl)cc1Cl. The summed E-state index contributed by atoms with van der Waals surface area (Å²) in [6.45, 7) is 3.98. The lowest BCUT2D eigenvalue weighted by molar-refractivity contribution is -0.136. The van der Waals surface area contributed by atoms with Gasteiger partial charge in [0.05, 0.1) is 18.7 Å². The van der Waals surface area contributed by atoms with Gasteiger partial charge in [0.25, 0.3) is 0 Å². The lowest BCUT2D eigenvalue weighted by Gasteiger charge is -2.31. The molecular weight excluding hydrogens is 427 g/mol. The Bertz CT molecular complexity index is 1000. The van der Waals surface area contributed by atoms with Crippen molar-refractivity contribution in [2.24, 2.45) is 5.92 Å². The molecule has 2 aromatic carbocycles. The minimum Gasteiger partial charge on any atom is -0.488 e. The summed E-state index contributed by atoms with van der Waals surface area (Å²) in [4.78, 5) is 24.9. The third kappa shape index (κ3) is 4.71. The standard InChI is InChI=1S/C22H22Cl2N2O4/c1-12(2)19-18(21(27)29-3)20(26-22(28)25-19)15-6-4-5-7-17(15)30-11-13-8-9-14(23)10-16(13)24/h4-10,12,20H,11H2,1-3H3,(H2,25,26,28). The Labute approximate surface area is 185 Å². The molecule has 1 unspecified atom stereocenters. The average Bonchev–Trinajstić information content (AvgIpc) is 2.72. The summed E-state index contributed by atoms with van der Waals surface area (Å²) >= 11 is 12.2. The van der Waals surface area contributed by atoms with Crippen LogP contribution in [0.15, 0.2) is 53.7 Å². The van der Waals surface area contributed by atoms with E-state index in [1.54, 1.807) is 30.3 Å².